The molecule has 3 aromatic rings. The van der Waals surface area contributed by atoms with Crippen molar-refractivity contribution in [2.45, 2.75) is 6.42 Å². The second-order valence-electron chi connectivity index (χ2n) is 4.33. The van der Waals surface area contributed by atoms with Crippen molar-refractivity contribution in [1.29, 1.82) is 0 Å². The van der Waals surface area contributed by atoms with E-state index in [1.165, 1.54) is 32.9 Å². The van der Waals surface area contributed by atoms with Crippen LogP contribution in [0.25, 0.3) is 27.9 Å². The van der Waals surface area contributed by atoms with Crippen LogP contribution in [0.3, 0.4) is 0 Å². The molecule has 1 nitrogen and oxygen atoms in total. The van der Waals surface area contributed by atoms with Gasteiger partial charge in [-0.1, -0.05) is 36.4 Å². The topological polar surface area (TPSA) is 15.8 Å². The maximum atomic E-state index is 3.48. The molecule has 2 aromatic carbocycles. The highest BCUT2D eigenvalue weighted by molar-refractivity contribution is 6.10. The lowest BCUT2D eigenvalue weighted by molar-refractivity contribution is 1.35. The van der Waals surface area contributed by atoms with Crippen molar-refractivity contribution in [2.24, 2.45) is 0 Å². The van der Waals surface area contributed by atoms with Crippen LogP contribution in [-0.4, -0.2) is 4.98 Å². The van der Waals surface area contributed by atoms with Gasteiger partial charge in [-0.2, -0.15) is 0 Å². The Labute approximate surface area is 93.4 Å². The van der Waals surface area contributed by atoms with Crippen molar-refractivity contribution in [2.75, 3.05) is 0 Å². The molecule has 0 saturated carbocycles. The monoisotopic (exact) mass is 205 g/mol. The minimum absolute atomic E-state index is 1.06. The summed E-state index contributed by atoms with van der Waals surface area (Å²) in [6.45, 7) is 0. The summed E-state index contributed by atoms with van der Waals surface area (Å²) in [5.41, 5.74) is 5.33. The molecule has 1 aliphatic rings. The number of nitrogens with one attached hydrogen (secondary N) is 1. The number of H-pyrrole nitrogens is 1. The fourth-order valence-electron chi connectivity index (χ4n) is 2.71. The lowest BCUT2D eigenvalue weighted by Gasteiger charge is -2.01. The number of para-hydroxylation sites is 1. The molecule has 0 atom stereocenters. The lowest BCUT2D eigenvalue weighted by atomic mass is 10.0. The normalized spacial score (nSPS) is 13.8. The Morgan fingerprint density at radius 1 is 0.938 bits per heavy atom. The van der Waals surface area contributed by atoms with E-state index in [9.17, 15) is 0 Å². The van der Waals surface area contributed by atoms with E-state index in [1.807, 2.05) is 0 Å². The Hall–Kier alpha value is -2.02. The number of hydrogen-bond acceptors (Lipinski definition) is 0. The standard InChI is InChI=1S/C15H11N/c1-2-7-13-12(5-1)15-11-6-3-4-10(11)8-9-14(15)16-13/h1-5,7-9,16H,6H2. The van der Waals surface area contributed by atoms with Gasteiger partial charge in [0.25, 0.3) is 0 Å². The minimum atomic E-state index is 1.06. The third kappa shape index (κ3) is 0.904. The van der Waals surface area contributed by atoms with Crippen molar-refractivity contribution >= 4 is 27.9 Å². The van der Waals surface area contributed by atoms with Gasteiger partial charge in [0.15, 0.2) is 0 Å². The van der Waals surface area contributed by atoms with E-state index in [0.717, 1.165) is 6.42 Å². The zero-order valence-electron chi connectivity index (χ0n) is 8.83. The van der Waals surface area contributed by atoms with E-state index < -0.39 is 0 Å². The van der Waals surface area contributed by atoms with Gasteiger partial charge >= 0.3 is 0 Å². The summed E-state index contributed by atoms with van der Waals surface area (Å²) in [7, 11) is 0. The first kappa shape index (κ1) is 8.17. The van der Waals surface area contributed by atoms with Gasteiger partial charge in [0, 0.05) is 21.8 Å². The number of fused-ring (bicyclic) bond motifs is 5. The molecule has 1 heteroatoms. The molecule has 0 saturated heterocycles. The Kier molecular flexibility index (Phi) is 1.41. The SMILES string of the molecule is C1=Cc2ccc3[nH]c4ccccc4c3c2C1. The molecule has 16 heavy (non-hydrogen) atoms. The van der Waals surface area contributed by atoms with Crippen LogP contribution in [-0.2, 0) is 6.42 Å². The van der Waals surface area contributed by atoms with Crippen LogP contribution in [0.1, 0.15) is 11.1 Å². The highest BCUT2D eigenvalue weighted by atomic mass is 14.7. The lowest BCUT2D eigenvalue weighted by Crippen LogP contribution is -1.82. The largest absolute Gasteiger partial charge is 0.355 e. The molecule has 76 valence electrons. The van der Waals surface area contributed by atoms with Gasteiger partial charge in [-0.25, -0.2) is 0 Å². The van der Waals surface area contributed by atoms with Crippen LogP contribution in [0.2, 0.25) is 0 Å². The number of hydrogen-bond donors (Lipinski definition) is 1. The highest BCUT2D eigenvalue weighted by Crippen LogP contribution is 2.33. The Morgan fingerprint density at radius 3 is 2.88 bits per heavy atom. The molecule has 4 rings (SSSR count). The van der Waals surface area contributed by atoms with Crippen LogP contribution >= 0.6 is 0 Å². The summed E-state index contributed by atoms with van der Waals surface area (Å²) >= 11 is 0. The van der Waals surface area contributed by atoms with Crippen LogP contribution in [0.4, 0.5) is 0 Å². The number of benzene rings is 2. The molecule has 1 N–H and O–H groups in total. The third-order valence-electron chi connectivity index (χ3n) is 3.43. The van der Waals surface area contributed by atoms with Crippen LogP contribution < -0.4 is 0 Å². The predicted molar refractivity (Wildman–Crippen MR) is 68.5 cm³/mol. The molecule has 1 aliphatic carbocycles. The van der Waals surface area contributed by atoms with Crippen LogP contribution in [0, 0.1) is 0 Å². The smallest absolute Gasteiger partial charge is 0.0468 e. The molecule has 0 fully saturated rings. The van der Waals surface area contributed by atoms with Crippen molar-refractivity contribution in [1.82, 2.24) is 4.98 Å². The van der Waals surface area contributed by atoms with Gasteiger partial charge < -0.3 is 4.98 Å². The quantitative estimate of drug-likeness (QED) is 0.573. The molecule has 0 amide bonds. The summed E-state index contributed by atoms with van der Waals surface area (Å²) in [4.78, 5) is 3.48. The number of allylic oxidation sites excluding steroid dienone is 1. The third-order valence-corrected chi connectivity index (χ3v) is 3.43. The first-order valence-electron chi connectivity index (χ1n) is 5.62. The van der Waals surface area contributed by atoms with Gasteiger partial charge in [-0.05, 0) is 29.7 Å². The fraction of sp³-hybridized carbons (Fsp3) is 0.0667. The zero-order chi connectivity index (χ0) is 10.5. The molecular formula is C15H11N. The Bertz CT molecular complexity index is 732. The summed E-state index contributed by atoms with van der Waals surface area (Å²) in [5, 5.41) is 2.75. The summed E-state index contributed by atoms with van der Waals surface area (Å²) in [6, 6.07) is 12.9. The predicted octanol–water partition coefficient (Wildman–Crippen LogP) is 3.89. The Balaban J connectivity index is 2.29. The fourth-order valence-corrected chi connectivity index (χ4v) is 2.71. The van der Waals surface area contributed by atoms with Gasteiger partial charge in [0.05, 0.1) is 0 Å². The van der Waals surface area contributed by atoms with Crippen molar-refractivity contribution in [3.8, 4) is 0 Å². The highest BCUT2D eigenvalue weighted by Gasteiger charge is 2.12. The average Bonchev–Trinajstić information content (AvgIpc) is 2.91. The molecule has 1 aromatic heterocycles. The van der Waals surface area contributed by atoms with E-state index in [1.54, 1.807) is 0 Å². The molecule has 0 radical (unpaired) electrons. The second kappa shape index (κ2) is 2.76. The van der Waals surface area contributed by atoms with Crippen molar-refractivity contribution in [3.63, 3.8) is 0 Å². The number of rotatable bonds is 0. The van der Waals surface area contributed by atoms with Gasteiger partial charge in [-0.15, -0.1) is 0 Å². The van der Waals surface area contributed by atoms with Crippen LogP contribution in [0.5, 0.6) is 0 Å². The van der Waals surface area contributed by atoms with Crippen molar-refractivity contribution in [3.05, 3.63) is 53.6 Å². The van der Waals surface area contributed by atoms with E-state index in [0.29, 0.717) is 0 Å². The van der Waals surface area contributed by atoms with E-state index in [2.05, 4.69) is 53.5 Å². The first-order chi connectivity index (χ1) is 7.93. The minimum Gasteiger partial charge on any atom is -0.355 e. The summed E-state index contributed by atoms with van der Waals surface area (Å²) < 4.78 is 0. The molecule has 0 aliphatic heterocycles. The van der Waals surface area contributed by atoms with Gasteiger partial charge in [-0.3, -0.25) is 0 Å². The molecule has 0 unspecified atom stereocenters. The van der Waals surface area contributed by atoms with E-state index in [4.69, 9.17) is 0 Å². The maximum Gasteiger partial charge on any atom is 0.0468 e. The van der Waals surface area contributed by atoms with E-state index >= 15 is 0 Å². The summed E-state index contributed by atoms with van der Waals surface area (Å²) in [6.07, 6.45) is 5.52. The summed E-state index contributed by atoms with van der Waals surface area (Å²) in [5.74, 6) is 0. The van der Waals surface area contributed by atoms with E-state index in [-0.39, 0.29) is 0 Å². The number of aromatic nitrogens is 1. The number of aromatic amines is 1. The average molecular weight is 205 g/mol. The van der Waals surface area contributed by atoms with Crippen molar-refractivity contribution < 1.29 is 0 Å². The molecular weight excluding hydrogens is 194 g/mol. The molecule has 0 spiro atoms. The molecule has 0 bridgehead atoms. The van der Waals surface area contributed by atoms with Gasteiger partial charge in [0.2, 0.25) is 0 Å². The molecule has 1 heterocycles. The zero-order valence-corrected chi connectivity index (χ0v) is 8.83. The first-order valence-corrected chi connectivity index (χ1v) is 5.62. The van der Waals surface area contributed by atoms with Crippen LogP contribution in [0.15, 0.2) is 42.5 Å². The maximum absolute atomic E-state index is 3.48. The second-order valence-corrected chi connectivity index (χ2v) is 4.33. The van der Waals surface area contributed by atoms with Gasteiger partial charge in [0.1, 0.15) is 0 Å². The Morgan fingerprint density at radius 2 is 1.88 bits per heavy atom.